The number of hydrogen-bond donors (Lipinski definition) is 0. The standard InChI is InChI=1S/C33H32N4O3S2/c1-6-40-32(39)28-20(4)35-33-37(29(28)22-13-11-18(2)12-14-22)30(38)27(42-33)16-23-15-19(3)36(21(23)5)31-25(17-34)24-9-7-8-10-26(24)41-31/h11-16,29H,6-10H2,1-5H3/b27-16+/t29-/m1/s1. The molecular formula is C33H32N4O3S2. The van der Waals surface area contributed by atoms with Crippen LogP contribution in [0.1, 0.15) is 76.8 Å². The summed E-state index contributed by atoms with van der Waals surface area (Å²) in [4.78, 5) is 33.8. The zero-order valence-electron chi connectivity index (χ0n) is 24.4. The van der Waals surface area contributed by atoms with E-state index in [1.54, 1.807) is 29.8 Å². The van der Waals surface area contributed by atoms with Gasteiger partial charge in [-0.25, -0.2) is 9.79 Å². The number of hydrogen-bond acceptors (Lipinski definition) is 7. The molecule has 0 saturated heterocycles. The Labute approximate surface area is 252 Å². The van der Waals surface area contributed by atoms with E-state index in [0.29, 0.717) is 20.6 Å². The minimum Gasteiger partial charge on any atom is -0.463 e. The average molecular weight is 597 g/mol. The molecule has 0 unspecified atom stereocenters. The number of nitriles is 1. The van der Waals surface area contributed by atoms with Crippen LogP contribution in [0, 0.1) is 32.1 Å². The number of nitrogens with zero attached hydrogens (tertiary/aromatic N) is 4. The minimum atomic E-state index is -0.633. The van der Waals surface area contributed by atoms with Crippen molar-refractivity contribution in [2.45, 2.75) is 66.3 Å². The van der Waals surface area contributed by atoms with Crippen molar-refractivity contribution < 1.29 is 9.53 Å². The second-order valence-electron chi connectivity index (χ2n) is 10.9. The summed E-state index contributed by atoms with van der Waals surface area (Å²) in [6, 6.07) is 11.8. The van der Waals surface area contributed by atoms with E-state index in [0.717, 1.165) is 64.3 Å². The first-order chi connectivity index (χ1) is 20.2. The molecule has 0 radical (unpaired) electrons. The topological polar surface area (TPSA) is 89.4 Å². The third-order valence-electron chi connectivity index (χ3n) is 8.13. The summed E-state index contributed by atoms with van der Waals surface area (Å²) in [5.74, 6) is -0.464. The molecule has 2 aliphatic rings. The van der Waals surface area contributed by atoms with E-state index < -0.39 is 12.0 Å². The molecule has 214 valence electrons. The summed E-state index contributed by atoms with van der Waals surface area (Å²) < 4.78 is 9.72. The van der Waals surface area contributed by atoms with Gasteiger partial charge in [-0.05, 0) is 89.1 Å². The third kappa shape index (κ3) is 4.59. The van der Waals surface area contributed by atoms with Crippen molar-refractivity contribution in [2.75, 3.05) is 6.61 Å². The number of fused-ring (bicyclic) bond motifs is 2. The molecular weight excluding hydrogens is 565 g/mol. The van der Waals surface area contributed by atoms with Gasteiger partial charge in [0.25, 0.3) is 5.56 Å². The third-order valence-corrected chi connectivity index (χ3v) is 10.4. The highest BCUT2D eigenvalue weighted by atomic mass is 32.1. The number of allylic oxidation sites excluding steroid dienone is 1. The van der Waals surface area contributed by atoms with E-state index >= 15 is 0 Å². The van der Waals surface area contributed by atoms with Crippen LogP contribution in [0.4, 0.5) is 0 Å². The van der Waals surface area contributed by atoms with E-state index in [-0.39, 0.29) is 12.2 Å². The first-order valence-electron chi connectivity index (χ1n) is 14.2. The van der Waals surface area contributed by atoms with Gasteiger partial charge in [0.2, 0.25) is 0 Å². The number of ether oxygens (including phenoxy) is 1. The fraction of sp³-hybridized carbons (Fsp3) is 0.333. The number of carbonyl (C=O) groups is 1. The molecule has 1 aromatic carbocycles. The Balaban J connectivity index is 1.51. The van der Waals surface area contributed by atoms with Crippen LogP contribution < -0.4 is 14.9 Å². The molecule has 1 atom stereocenters. The Hall–Kier alpha value is -4.00. The highest BCUT2D eigenvalue weighted by molar-refractivity contribution is 7.15. The van der Waals surface area contributed by atoms with Crippen LogP contribution >= 0.6 is 22.7 Å². The molecule has 0 amide bonds. The zero-order chi connectivity index (χ0) is 29.7. The molecule has 0 N–H and O–H groups in total. The highest BCUT2D eigenvalue weighted by Crippen LogP contribution is 2.38. The summed E-state index contributed by atoms with van der Waals surface area (Å²) in [5, 5.41) is 11.0. The number of rotatable bonds is 5. The lowest BCUT2D eigenvalue weighted by Gasteiger charge is -2.24. The Bertz CT molecular complexity index is 1990. The molecule has 3 aromatic heterocycles. The van der Waals surface area contributed by atoms with Gasteiger partial charge in [0, 0.05) is 16.3 Å². The molecule has 0 saturated carbocycles. The van der Waals surface area contributed by atoms with Crippen molar-refractivity contribution in [3.8, 4) is 11.1 Å². The maximum absolute atomic E-state index is 14.1. The number of thiazole rings is 1. The number of esters is 1. The number of aromatic nitrogens is 2. The Kier molecular flexibility index (Phi) is 7.37. The van der Waals surface area contributed by atoms with Gasteiger partial charge >= 0.3 is 5.97 Å². The van der Waals surface area contributed by atoms with Crippen LogP contribution in [0.25, 0.3) is 11.1 Å². The van der Waals surface area contributed by atoms with Crippen molar-refractivity contribution >= 4 is 34.7 Å². The van der Waals surface area contributed by atoms with Gasteiger partial charge in [0.05, 0.1) is 34.0 Å². The minimum absolute atomic E-state index is 0.201. The maximum Gasteiger partial charge on any atom is 0.338 e. The van der Waals surface area contributed by atoms with Crippen molar-refractivity contribution in [3.05, 3.63) is 105 Å². The van der Waals surface area contributed by atoms with Gasteiger partial charge in [0.1, 0.15) is 11.1 Å². The fourth-order valence-corrected chi connectivity index (χ4v) is 8.56. The van der Waals surface area contributed by atoms with Gasteiger partial charge in [-0.1, -0.05) is 41.2 Å². The molecule has 1 aliphatic carbocycles. The van der Waals surface area contributed by atoms with Gasteiger partial charge in [-0.2, -0.15) is 5.26 Å². The lowest BCUT2D eigenvalue weighted by Crippen LogP contribution is -2.39. The maximum atomic E-state index is 14.1. The summed E-state index contributed by atoms with van der Waals surface area (Å²) >= 11 is 3.04. The van der Waals surface area contributed by atoms with Crippen LogP contribution in [-0.4, -0.2) is 21.7 Å². The van der Waals surface area contributed by atoms with E-state index in [9.17, 15) is 14.9 Å². The van der Waals surface area contributed by atoms with Crippen molar-refractivity contribution in [3.63, 3.8) is 0 Å². The van der Waals surface area contributed by atoms with E-state index in [2.05, 4.69) is 16.7 Å². The molecule has 4 aromatic rings. The molecule has 7 nitrogen and oxygen atoms in total. The quantitative estimate of drug-likeness (QED) is 0.292. The molecule has 0 spiro atoms. The predicted octanol–water partition coefficient (Wildman–Crippen LogP) is 5.33. The number of carbonyl (C=O) groups excluding carboxylic acids is 1. The molecule has 4 heterocycles. The molecule has 0 bridgehead atoms. The van der Waals surface area contributed by atoms with Crippen LogP contribution in [0.3, 0.4) is 0 Å². The Morgan fingerprint density at radius 2 is 1.88 bits per heavy atom. The normalized spacial score (nSPS) is 16.6. The lowest BCUT2D eigenvalue weighted by atomic mass is 9.95. The van der Waals surface area contributed by atoms with Crippen molar-refractivity contribution in [1.82, 2.24) is 9.13 Å². The average Bonchev–Trinajstić information content (AvgIpc) is 3.58. The highest BCUT2D eigenvalue weighted by Gasteiger charge is 2.33. The summed E-state index contributed by atoms with van der Waals surface area (Å²) in [7, 11) is 0. The fourth-order valence-electron chi connectivity index (χ4n) is 6.07. The monoisotopic (exact) mass is 596 g/mol. The second kappa shape index (κ2) is 11.0. The van der Waals surface area contributed by atoms with Crippen LogP contribution in [-0.2, 0) is 22.4 Å². The van der Waals surface area contributed by atoms with E-state index in [1.807, 2.05) is 51.1 Å². The Morgan fingerprint density at radius 1 is 1.14 bits per heavy atom. The van der Waals surface area contributed by atoms with Crippen molar-refractivity contribution in [1.29, 1.82) is 5.26 Å². The van der Waals surface area contributed by atoms with Crippen LogP contribution in [0.5, 0.6) is 0 Å². The zero-order valence-corrected chi connectivity index (χ0v) is 26.0. The van der Waals surface area contributed by atoms with Gasteiger partial charge in [0.15, 0.2) is 4.80 Å². The molecule has 0 fully saturated rings. The molecule has 9 heteroatoms. The van der Waals surface area contributed by atoms with Crippen LogP contribution in [0.2, 0.25) is 0 Å². The van der Waals surface area contributed by atoms with E-state index in [4.69, 9.17) is 9.73 Å². The van der Waals surface area contributed by atoms with Crippen LogP contribution in [0.15, 0.2) is 51.4 Å². The molecule has 42 heavy (non-hydrogen) atoms. The largest absolute Gasteiger partial charge is 0.463 e. The smallest absolute Gasteiger partial charge is 0.338 e. The lowest BCUT2D eigenvalue weighted by molar-refractivity contribution is -0.139. The SMILES string of the molecule is CCOC(=O)C1=C(C)N=c2s/c(=C/c3cc(C)n(-c4sc5c(c4C#N)CCCC5)c3C)c(=O)n2[C@@H]1c1ccc(C)cc1. The van der Waals surface area contributed by atoms with Gasteiger partial charge < -0.3 is 9.30 Å². The second-order valence-corrected chi connectivity index (χ2v) is 13.0. The Morgan fingerprint density at radius 3 is 2.60 bits per heavy atom. The van der Waals surface area contributed by atoms with E-state index in [1.165, 1.54) is 21.8 Å². The molecule has 6 rings (SSSR count). The molecule has 1 aliphatic heterocycles. The summed E-state index contributed by atoms with van der Waals surface area (Å²) in [6.45, 7) is 9.88. The summed E-state index contributed by atoms with van der Waals surface area (Å²) in [6.07, 6.45) is 6.18. The number of benzene rings is 1. The van der Waals surface area contributed by atoms with Gasteiger partial charge in [-0.15, -0.1) is 11.3 Å². The predicted molar refractivity (Wildman–Crippen MR) is 166 cm³/mol. The first-order valence-corrected chi connectivity index (χ1v) is 15.9. The first kappa shape index (κ1) is 28.1. The number of thiophene rings is 1. The number of aryl methyl sites for hydroxylation is 3. The summed E-state index contributed by atoms with van der Waals surface area (Å²) in [5.41, 5.74) is 7.54. The van der Waals surface area contributed by atoms with Gasteiger partial charge in [-0.3, -0.25) is 9.36 Å². The van der Waals surface area contributed by atoms with Crippen molar-refractivity contribution in [2.24, 2.45) is 4.99 Å².